The van der Waals surface area contributed by atoms with Crippen LogP contribution in [0.2, 0.25) is 0 Å². The van der Waals surface area contributed by atoms with Gasteiger partial charge in [-0.1, -0.05) is 152 Å². The Kier molecular flexibility index (Phi) is 7.17. The number of hydrogen-bond acceptors (Lipinski definition) is 3. The van der Waals surface area contributed by atoms with Gasteiger partial charge in [-0.2, -0.15) is 0 Å². The van der Waals surface area contributed by atoms with Gasteiger partial charge in [0.2, 0.25) is 0 Å². The molecule has 2 heterocycles. The molecule has 0 atom stereocenters. The van der Waals surface area contributed by atoms with Gasteiger partial charge in [-0.3, -0.25) is 0 Å². The minimum absolute atomic E-state index is 0.650. The Hall–Kier alpha value is -6.91. The molecule has 10 rings (SSSR count). The molecule has 0 aliphatic heterocycles. The molecule has 0 saturated carbocycles. The molecule has 7 aromatic carbocycles. The van der Waals surface area contributed by atoms with E-state index in [0.29, 0.717) is 17.5 Å². The molecule has 52 heavy (non-hydrogen) atoms. The van der Waals surface area contributed by atoms with E-state index in [1.807, 2.05) is 30.3 Å². The third kappa shape index (κ3) is 5.12. The summed E-state index contributed by atoms with van der Waals surface area (Å²) in [5.74, 6) is 1.97. The minimum Gasteiger partial charge on any atom is -0.309 e. The van der Waals surface area contributed by atoms with Gasteiger partial charge in [0, 0.05) is 32.9 Å². The van der Waals surface area contributed by atoms with Crippen LogP contribution in [0.25, 0.3) is 88.5 Å². The summed E-state index contributed by atoms with van der Waals surface area (Å²) in [7, 11) is 0. The molecule has 0 fully saturated rings. The Morgan fingerprint density at radius 3 is 2.08 bits per heavy atom. The second-order valence-corrected chi connectivity index (χ2v) is 13.2. The average Bonchev–Trinajstić information content (AvgIpc) is 3.33. The minimum atomic E-state index is 0.650. The molecule has 1 aliphatic rings. The van der Waals surface area contributed by atoms with Crippen molar-refractivity contribution in [2.24, 2.45) is 0 Å². The van der Waals surface area contributed by atoms with Gasteiger partial charge in [-0.25, -0.2) is 15.0 Å². The Labute approximate surface area is 301 Å². The molecule has 0 amide bonds. The Bertz CT molecular complexity index is 2920. The molecule has 0 saturated heterocycles. The third-order valence-electron chi connectivity index (χ3n) is 10.0. The van der Waals surface area contributed by atoms with E-state index in [9.17, 15) is 0 Å². The van der Waals surface area contributed by atoms with Gasteiger partial charge in [0.25, 0.3) is 0 Å². The van der Waals surface area contributed by atoms with E-state index in [-0.39, 0.29) is 0 Å². The highest BCUT2D eigenvalue weighted by atomic mass is 15.0. The van der Waals surface area contributed by atoms with Crippen LogP contribution in [0.4, 0.5) is 0 Å². The maximum absolute atomic E-state index is 5.01. The number of aromatic nitrogens is 4. The molecule has 4 nitrogen and oxygen atoms in total. The summed E-state index contributed by atoms with van der Waals surface area (Å²) in [6.45, 7) is 0. The van der Waals surface area contributed by atoms with Crippen LogP contribution in [0.1, 0.15) is 12.2 Å². The number of rotatable bonds is 5. The van der Waals surface area contributed by atoms with Crippen LogP contribution >= 0.6 is 0 Å². The normalized spacial score (nSPS) is 12.9. The number of allylic oxidation sites excluding steroid dienone is 6. The number of para-hydroxylation sites is 1. The zero-order valence-electron chi connectivity index (χ0n) is 28.3. The van der Waals surface area contributed by atoms with Crippen molar-refractivity contribution in [3.63, 3.8) is 0 Å². The summed E-state index contributed by atoms with van der Waals surface area (Å²) >= 11 is 0. The zero-order valence-corrected chi connectivity index (χ0v) is 28.3. The van der Waals surface area contributed by atoms with Crippen LogP contribution < -0.4 is 0 Å². The molecular weight excluding hydrogens is 633 g/mol. The molecule has 4 heteroatoms. The van der Waals surface area contributed by atoms with Crippen LogP contribution in [0.3, 0.4) is 0 Å². The molecule has 1 aliphatic carbocycles. The van der Waals surface area contributed by atoms with Gasteiger partial charge in [-0.15, -0.1) is 0 Å². The largest absolute Gasteiger partial charge is 0.309 e. The van der Waals surface area contributed by atoms with Crippen LogP contribution in [-0.2, 0) is 0 Å². The molecule has 9 aromatic rings. The molecule has 244 valence electrons. The van der Waals surface area contributed by atoms with Gasteiger partial charge in [-0.05, 0) is 64.0 Å². The summed E-state index contributed by atoms with van der Waals surface area (Å²) in [5, 5.41) is 7.43. The smallest absolute Gasteiger partial charge is 0.164 e. The van der Waals surface area contributed by atoms with E-state index < -0.39 is 0 Å². The number of nitrogens with zero attached hydrogens (tertiary/aromatic N) is 4. The molecule has 0 spiro atoms. The Morgan fingerprint density at radius 2 is 1.15 bits per heavy atom. The fourth-order valence-electron chi connectivity index (χ4n) is 7.56. The Morgan fingerprint density at radius 1 is 0.442 bits per heavy atom. The highest BCUT2D eigenvalue weighted by Gasteiger charge is 2.17. The average molecular weight is 665 g/mol. The highest BCUT2D eigenvalue weighted by molar-refractivity contribution is 6.22. The summed E-state index contributed by atoms with van der Waals surface area (Å²) in [6, 6.07) is 54.0. The lowest BCUT2D eigenvalue weighted by Crippen LogP contribution is -2.02. The topological polar surface area (TPSA) is 43.6 Å². The predicted octanol–water partition coefficient (Wildman–Crippen LogP) is 12.2. The standard InChI is InChI=1S/C48H32N4/c1-2-5-16-33(15-4-1)46-49-47(34-17-6-3-7-18-34)51-48(50-46)38-21-12-20-35(31-38)36-26-28-40-37(30-36)27-29-44-45(40)41-23-10-11-24-43(41)52(44)42-25-13-19-32-14-8-9-22-39(32)42/h1,3-31H,2H2. The van der Waals surface area contributed by atoms with E-state index >= 15 is 0 Å². The monoisotopic (exact) mass is 664 g/mol. The highest BCUT2D eigenvalue weighted by Crippen LogP contribution is 2.39. The molecule has 0 N–H and O–H groups in total. The van der Waals surface area contributed by atoms with Crippen molar-refractivity contribution >= 4 is 48.9 Å². The number of fused-ring (bicyclic) bond motifs is 6. The van der Waals surface area contributed by atoms with Crippen molar-refractivity contribution in [1.29, 1.82) is 0 Å². The van der Waals surface area contributed by atoms with Crippen molar-refractivity contribution in [3.8, 4) is 39.6 Å². The summed E-state index contributed by atoms with van der Waals surface area (Å²) in [5.41, 5.74) is 8.72. The predicted molar refractivity (Wildman–Crippen MR) is 216 cm³/mol. The quantitative estimate of drug-likeness (QED) is 0.184. The van der Waals surface area contributed by atoms with E-state index in [1.54, 1.807) is 0 Å². The van der Waals surface area contributed by atoms with Gasteiger partial charge < -0.3 is 4.57 Å². The molecule has 0 bridgehead atoms. The first-order chi connectivity index (χ1) is 25.8. The first kappa shape index (κ1) is 30.0. The molecule has 2 aromatic heterocycles. The zero-order chi connectivity index (χ0) is 34.4. The fourth-order valence-corrected chi connectivity index (χ4v) is 7.56. The van der Waals surface area contributed by atoms with Crippen molar-refractivity contribution in [1.82, 2.24) is 19.5 Å². The van der Waals surface area contributed by atoms with Crippen molar-refractivity contribution in [2.45, 2.75) is 6.42 Å². The third-order valence-corrected chi connectivity index (χ3v) is 10.0. The summed E-state index contributed by atoms with van der Waals surface area (Å²) in [6.07, 6.45) is 11.4. The van der Waals surface area contributed by atoms with Crippen molar-refractivity contribution < 1.29 is 0 Å². The SMILES string of the molecule is C1=CCC=CC(c2nc(-c3ccccc3)nc(-c3cccc(-c4ccc5c(ccc6c5c5ccccc5n6-c5cccc6ccccc56)c4)c3)n2)=C1. The van der Waals surface area contributed by atoms with Gasteiger partial charge >= 0.3 is 0 Å². The summed E-state index contributed by atoms with van der Waals surface area (Å²) < 4.78 is 2.42. The lowest BCUT2D eigenvalue weighted by atomic mass is 9.97. The Balaban J connectivity index is 1.10. The fraction of sp³-hybridized carbons (Fsp3) is 0.0208. The second-order valence-electron chi connectivity index (χ2n) is 13.2. The van der Waals surface area contributed by atoms with Crippen LogP contribution in [0.5, 0.6) is 0 Å². The van der Waals surface area contributed by atoms with Crippen LogP contribution in [0.15, 0.2) is 182 Å². The van der Waals surface area contributed by atoms with Crippen molar-refractivity contribution in [3.05, 3.63) is 188 Å². The molecule has 0 radical (unpaired) electrons. The lowest BCUT2D eigenvalue weighted by molar-refractivity contribution is 1.04. The number of benzene rings is 7. The second kappa shape index (κ2) is 12.4. The molecule has 0 unspecified atom stereocenters. The first-order valence-electron chi connectivity index (χ1n) is 17.7. The van der Waals surface area contributed by atoms with Gasteiger partial charge in [0.1, 0.15) is 0 Å². The van der Waals surface area contributed by atoms with E-state index in [2.05, 4.69) is 156 Å². The first-order valence-corrected chi connectivity index (χ1v) is 17.7. The van der Waals surface area contributed by atoms with Gasteiger partial charge in [0.15, 0.2) is 17.5 Å². The van der Waals surface area contributed by atoms with E-state index in [0.717, 1.165) is 34.2 Å². The number of hydrogen-bond donors (Lipinski definition) is 0. The van der Waals surface area contributed by atoms with E-state index in [1.165, 1.54) is 49.0 Å². The molecular formula is C48H32N4. The van der Waals surface area contributed by atoms with E-state index in [4.69, 9.17) is 15.0 Å². The maximum atomic E-state index is 5.01. The summed E-state index contributed by atoms with van der Waals surface area (Å²) in [4.78, 5) is 14.9. The lowest BCUT2D eigenvalue weighted by Gasteiger charge is -2.12. The van der Waals surface area contributed by atoms with Crippen molar-refractivity contribution in [2.75, 3.05) is 0 Å². The van der Waals surface area contributed by atoms with Gasteiger partial charge in [0.05, 0.1) is 16.7 Å². The maximum Gasteiger partial charge on any atom is 0.164 e. The van der Waals surface area contributed by atoms with Crippen LogP contribution in [0, 0.1) is 0 Å². The van der Waals surface area contributed by atoms with Crippen LogP contribution in [-0.4, -0.2) is 19.5 Å².